The maximum atomic E-state index is 13.6. The topological polar surface area (TPSA) is 87.2 Å². The van der Waals surface area contributed by atoms with Crippen molar-refractivity contribution in [3.05, 3.63) is 12.7 Å². The lowest BCUT2D eigenvalue weighted by Gasteiger charge is -2.54. The Morgan fingerprint density at radius 3 is 2.36 bits per heavy atom. The highest BCUT2D eigenvalue weighted by Gasteiger charge is 2.65. The minimum atomic E-state index is -0.882. The van der Waals surface area contributed by atoms with Crippen molar-refractivity contribution < 1.29 is 23.9 Å². The van der Waals surface area contributed by atoms with Crippen LogP contribution in [0.25, 0.3) is 0 Å². The molecule has 0 radical (unpaired) electrons. The van der Waals surface area contributed by atoms with Crippen LogP contribution in [0.5, 0.6) is 0 Å². The molecule has 2 saturated carbocycles. The van der Waals surface area contributed by atoms with Crippen molar-refractivity contribution in [3.63, 3.8) is 0 Å². The minimum absolute atomic E-state index is 0.129. The molecule has 3 amide bonds. The molecular formula is C20H27N3O5. The van der Waals surface area contributed by atoms with Crippen LogP contribution in [0, 0.1) is 0 Å². The van der Waals surface area contributed by atoms with E-state index in [0.29, 0.717) is 51.7 Å². The fraction of sp³-hybridized carbons (Fsp3) is 0.700. The second kappa shape index (κ2) is 6.60. The molecule has 1 spiro atoms. The third kappa shape index (κ3) is 2.49. The van der Waals surface area contributed by atoms with Crippen molar-refractivity contribution in [1.29, 1.82) is 0 Å². The van der Waals surface area contributed by atoms with Crippen LogP contribution >= 0.6 is 0 Å². The monoisotopic (exact) mass is 389 g/mol. The lowest BCUT2D eigenvalue weighted by Crippen LogP contribution is -2.72. The van der Waals surface area contributed by atoms with Gasteiger partial charge in [0.25, 0.3) is 0 Å². The van der Waals surface area contributed by atoms with Gasteiger partial charge in [-0.1, -0.05) is 6.58 Å². The number of amides is 3. The second-order valence-electron chi connectivity index (χ2n) is 8.25. The number of carbonyl (C=O) groups is 4. The minimum Gasteiger partial charge on any atom is -0.467 e. The van der Waals surface area contributed by atoms with Crippen molar-refractivity contribution in [3.8, 4) is 0 Å². The van der Waals surface area contributed by atoms with Gasteiger partial charge in [-0.3, -0.25) is 14.4 Å². The Labute approximate surface area is 164 Å². The van der Waals surface area contributed by atoms with Gasteiger partial charge in [-0.2, -0.15) is 0 Å². The quantitative estimate of drug-likeness (QED) is 0.515. The van der Waals surface area contributed by atoms with Crippen LogP contribution in [-0.2, 0) is 23.9 Å². The van der Waals surface area contributed by atoms with Crippen molar-refractivity contribution in [2.24, 2.45) is 0 Å². The molecule has 2 aliphatic heterocycles. The lowest BCUT2D eigenvalue weighted by molar-refractivity contribution is -0.173. The Morgan fingerprint density at radius 2 is 1.82 bits per heavy atom. The third-order valence-electron chi connectivity index (χ3n) is 6.95. The van der Waals surface area contributed by atoms with Gasteiger partial charge in [-0.25, -0.2) is 4.79 Å². The molecule has 1 atom stereocenters. The van der Waals surface area contributed by atoms with Crippen molar-refractivity contribution >= 4 is 23.7 Å². The molecule has 8 nitrogen and oxygen atoms in total. The summed E-state index contributed by atoms with van der Waals surface area (Å²) in [6.07, 6.45) is 5.92. The smallest absolute Gasteiger partial charge is 0.328 e. The summed E-state index contributed by atoms with van der Waals surface area (Å²) in [6.45, 7) is 4.80. The van der Waals surface area contributed by atoms with E-state index in [2.05, 4.69) is 6.58 Å². The van der Waals surface area contributed by atoms with Gasteiger partial charge in [0.05, 0.1) is 7.11 Å². The molecule has 0 bridgehead atoms. The summed E-state index contributed by atoms with van der Waals surface area (Å²) in [5, 5.41) is 0. The third-order valence-corrected chi connectivity index (χ3v) is 6.95. The summed E-state index contributed by atoms with van der Waals surface area (Å²) < 4.78 is 4.87. The number of hydrogen-bond acceptors (Lipinski definition) is 5. The summed E-state index contributed by atoms with van der Waals surface area (Å²) >= 11 is 0. The fourth-order valence-corrected chi connectivity index (χ4v) is 5.09. The number of hydrogen-bond donors (Lipinski definition) is 0. The van der Waals surface area contributed by atoms with E-state index in [1.54, 1.807) is 14.7 Å². The highest BCUT2D eigenvalue weighted by atomic mass is 16.5. The van der Waals surface area contributed by atoms with Gasteiger partial charge >= 0.3 is 5.97 Å². The number of piperazine rings is 1. The van der Waals surface area contributed by atoms with Crippen LogP contribution in [0.4, 0.5) is 0 Å². The summed E-state index contributed by atoms with van der Waals surface area (Å²) in [5.74, 6) is -0.897. The average Bonchev–Trinajstić information content (AvgIpc) is 3.29. The fourth-order valence-electron chi connectivity index (χ4n) is 5.09. The van der Waals surface area contributed by atoms with Crippen LogP contribution in [-0.4, -0.2) is 82.3 Å². The number of nitrogens with zero attached hydrogens (tertiary/aromatic N) is 3. The molecule has 4 fully saturated rings. The van der Waals surface area contributed by atoms with Crippen LogP contribution < -0.4 is 0 Å². The highest BCUT2D eigenvalue weighted by molar-refractivity contribution is 6.02. The zero-order valence-electron chi connectivity index (χ0n) is 16.3. The molecule has 152 valence electrons. The largest absolute Gasteiger partial charge is 0.467 e. The number of carbonyl (C=O) groups excluding carboxylic acids is 4. The Hall–Kier alpha value is -2.38. The Kier molecular flexibility index (Phi) is 4.47. The van der Waals surface area contributed by atoms with E-state index in [4.69, 9.17) is 4.74 Å². The van der Waals surface area contributed by atoms with E-state index in [9.17, 15) is 19.2 Å². The molecule has 0 aromatic carbocycles. The molecule has 4 rings (SSSR count). The zero-order valence-corrected chi connectivity index (χ0v) is 16.3. The van der Waals surface area contributed by atoms with E-state index in [1.807, 2.05) is 0 Å². The molecule has 2 heterocycles. The lowest BCUT2D eigenvalue weighted by atomic mass is 9.73. The van der Waals surface area contributed by atoms with Crippen LogP contribution in [0.3, 0.4) is 0 Å². The van der Waals surface area contributed by atoms with Gasteiger partial charge in [0.1, 0.15) is 17.1 Å². The van der Waals surface area contributed by atoms with Crippen molar-refractivity contribution in [1.82, 2.24) is 14.7 Å². The zero-order chi connectivity index (χ0) is 20.1. The first kappa shape index (κ1) is 19.0. The maximum Gasteiger partial charge on any atom is 0.328 e. The summed E-state index contributed by atoms with van der Waals surface area (Å²) in [6, 6.07) is -0.566. The maximum absolute atomic E-state index is 13.6. The van der Waals surface area contributed by atoms with Gasteiger partial charge in [-0.15, -0.1) is 0 Å². The molecule has 0 aromatic heterocycles. The number of methoxy groups -OCH3 is 1. The van der Waals surface area contributed by atoms with Crippen molar-refractivity contribution in [2.45, 2.75) is 62.1 Å². The number of likely N-dealkylation sites (tertiary alicyclic amines) is 1. The van der Waals surface area contributed by atoms with Gasteiger partial charge in [-0.05, 0) is 51.0 Å². The van der Waals surface area contributed by atoms with Gasteiger partial charge in [0.15, 0.2) is 0 Å². The van der Waals surface area contributed by atoms with Crippen LogP contribution in [0.1, 0.15) is 44.9 Å². The molecule has 8 heteroatoms. The molecule has 0 N–H and O–H groups in total. The first-order chi connectivity index (χ1) is 13.4. The van der Waals surface area contributed by atoms with Crippen molar-refractivity contribution in [2.75, 3.05) is 26.7 Å². The predicted molar refractivity (Wildman–Crippen MR) is 98.9 cm³/mol. The number of esters is 1. The highest BCUT2D eigenvalue weighted by Crippen LogP contribution is 2.50. The van der Waals surface area contributed by atoms with Gasteiger partial charge in [0, 0.05) is 19.6 Å². The summed E-state index contributed by atoms with van der Waals surface area (Å²) in [7, 11) is 1.33. The standard InChI is InChI=1S/C20H27N3O5/c1-3-15(24)22-12-13-23(18(27)20(22)9-10-20)19(7-5-8-19)17(26)21-11-4-6-14(21)16(25)28-2/h3,14H,1,4-13H2,2H3/t14-/m0/s1. The second-order valence-corrected chi connectivity index (χ2v) is 8.25. The first-order valence-corrected chi connectivity index (χ1v) is 10.1. The molecular weight excluding hydrogens is 362 g/mol. The van der Waals surface area contributed by atoms with E-state index in [1.165, 1.54) is 13.2 Å². The number of ether oxygens (including phenoxy) is 1. The Balaban J connectivity index is 1.59. The SMILES string of the molecule is C=CC(=O)N1CCN(C2(C(=O)N3CCC[C@H]3C(=O)OC)CCC2)C(=O)C12CC2. The van der Waals surface area contributed by atoms with E-state index in [-0.39, 0.29) is 17.7 Å². The summed E-state index contributed by atoms with van der Waals surface area (Å²) in [5.41, 5.74) is -1.69. The molecule has 0 unspecified atom stereocenters. The average molecular weight is 389 g/mol. The summed E-state index contributed by atoms with van der Waals surface area (Å²) in [4.78, 5) is 56.2. The molecule has 2 aliphatic carbocycles. The first-order valence-electron chi connectivity index (χ1n) is 10.1. The molecule has 2 saturated heterocycles. The normalized spacial score (nSPS) is 27.4. The van der Waals surface area contributed by atoms with E-state index in [0.717, 1.165) is 12.8 Å². The van der Waals surface area contributed by atoms with E-state index < -0.39 is 23.1 Å². The number of rotatable bonds is 4. The molecule has 4 aliphatic rings. The molecule has 0 aromatic rings. The van der Waals surface area contributed by atoms with Crippen LogP contribution in [0.2, 0.25) is 0 Å². The van der Waals surface area contributed by atoms with Gasteiger partial charge < -0.3 is 19.4 Å². The van der Waals surface area contributed by atoms with Gasteiger partial charge in [0.2, 0.25) is 17.7 Å². The Morgan fingerprint density at radius 1 is 1.11 bits per heavy atom. The molecule has 28 heavy (non-hydrogen) atoms. The van der Waals surface area contributed by atoms with E-state index >= 15 is 0 Å². The Bertz CT molecular complexity index is 740. The predicted octanol–water partition coefficient (Wildman–Crippen LogP) is 0.463. The van der Waals surface area contributed by atoms with Crippen LogP contribution in [0.15, 0.2) is 12.7 Å².